The van der Waals surface area contributed by atoms with E-state index in [1.54, 1.807) is 7.11 Å². The Labute approximate surface area is 173 Å². The number of nitrogens with one attached hydrogen (secondary N) is 1. The van der Waals surface area contributed by atoms with Crippen LogP contribution >= 0.6 is 0 Å². The van der Waals surface area contributed by atoms with Crippen LogP contribution in [0.1, 0.15) is 13.8 Å². The molecule has 154 valence electrons. The van der Waals surface area contributed by atoms with Crippen LogP contribution in [0.25, 0.3) is 27.9 Å². The number of ether oxygens (including phenoxy) is 1. The van der Waals surface area contributed by atoms with Crippen molar-refractivity contribution in [1.82, 2.24) is 14.7 Å². The first kappa shape index (κ1) is 18.7. The standard InChI is InChI=1S/C23H24N4O3/c1-14-11-27(12-15(2)24-14)17-7-6-16-9-18(23(28)30-21(16)10-17)19-13-26-8-4-5-20(29-3)22(26)25-19/h4-10,13-15,24H,11-12H2,1-3H3/t14-,15+. The van der Waals surface area contributed by atoms with Crippen LogP contribution in [0.3, 0.4) is 0 Å². The quantitative estimate of drug-likeness (QED) is 0.528. The molecule has 1 fully saturated rings. The van der Waals surface area contributed by atoms with E-state index in [4.69, 9.17) is 9.15 Å². The molecule has 1 N–H and O–H groups in total. The van der Waals surface area contributed by atoms with Gasteiger partial charge < -0.3 is 23.8 Å². The first-order chi connectivity index (χ1) is 14.5. The number of nitrogens with zero attached hydrogens (tertiary/aromatic N) is 3. The molecule has 1 saturated heterocycles. The fraction of sp³-hybridized carbons (Fsp3) is 0.304. The zero-order chi connectivity index (χ0) is 20.8. The van der Waals surface area contributed by atoms with Crippen molar-refractivity contribution in [3.8, 4) is 17.0 Å². The monoisotopic (exact) mass is 404 g/mol. The second-order valence-corrected chi connectivity index (χ2v) is 7.98. The minimum atomic E-state index is -0.399. The molecule has 2 atom stereocenters. The van der Waals surface area contributed by atoms with Crippen molar-refractivity contribution in [1.29, 1.82) is 0 Å². The Morgan fingerprint density at radius 2 is 1.97 bits per heavy atom. The Bertz CT molecular complexity index is 1280. The van der Waals surface area contributed by atoms with Crippen LogP contribution in [0, 0.1) is 0 Å². The maximum Gasteiger partial charge on any atom is 0.345 e. The second-order valence-electron chi connectivity index (χ2n) is 7.98. The van der Waals surface area contributed by atoms with Crippen LogP contribution in [-0.2, 0) is 0 Å². The lowest BCUT2D eigenvalue weighted by Gasteiger charge is -2.37. The summed E-state index contributed by atoms with van der Waals surface area (Å²) in [5, 5.41) is 4.41. The number of piperazine rings is 1. The normalized spacial score (nSPS) is 19.5. The van der Waals surface area contributed by atoms with Gasteiger partial charge in [-0.25, -0.2) is 9.78 Å². The third kappa shape index (κ3) is 3.21. The van der Waals surface area contributed by atoms with Crippen LogP contribution in [0.15, 0.2) is 58.0 Å². The highest BCUT2D eigenvalue weighted by Gasteiger charge is 2.22. The maximum absolute atomic E-state index is 12.8. The first-order valence-electron chi connectivity index (χ1n) is 10.1. The molecule has 1 aliphatic rings. The molecule has 30 heavy (non-hydrogen) atoms. The largest absolute Gasteiger partial charge is 0.493 e. The van der Waals surface area contributed by atoms with E-state index in [2.05, 4.69) is 35.1 Å². The van der Waals surface area contributed by atoms with Gasteiger partial charge in [-0.1, -0.05) is 0 Å². The number of fused-ring (bicyclic) bond motifs is 2. The van der Waals surface area contributed by atoms with E-state index in [1.165, 1.54) is 0 Å². The molecular formula is C23H24N4O3. The number of aromatic nitrogens is 2. The SMILES string of the molecule is COc1cccn2cc(-c3cc4ccc(N5C[C@@H](C)N[C@@H](C)C5)cc4oc3=O)nc12. The summed E-state index contributed by atoms with van der Waals surface area (Å²) in [7, 11) is 1.60. The fourth-order valence-corrected chi connectivity index (χ4v) is 4.29. The van der Waals surface area contributed by atoms with Gasteiger partial charge in [0.15, 0.2) is 11.4 Å². The zero-order valence-electron chi connectivity index (χ0n) is 17.3. The molecule has 1 aromatic carbocycles. The van der Waals surface area contributed by atoms with Crippen molar-refractivity contribution in [2.45, 2.75) is 25.9 Å². The number of hydrogen-bond donors (Lipinski definition) is 1. The van der Waals surface area contributed by atoms with Crippen molar-refractivity contribution < 1.29 is 9.15 Å². The minimum Gasteiger partial charge on any atom is -0.493 e. The predicted octanol–water partition coefficient (Wildman–Crippen LogP) is 3.30. The molecule has 1 aliphatic heterocycles. The molecule has 0 spiro atoms. The van der Waals surface area contributed by atoms with Gasteiger partial charge in [-0.05, 0) is 44.2 Å². The van der Waals surface area contributed by atoms with E-state index >= 15 is 0 Å². The minimum absolute atomic E-state index is 0.399. The Morgan fingerprint density at radius 1 is 1.17 bits per heavy atom. The summed E-state index contributed by atoms with van der Waals surface area (Å²) >= 11 is 0. The Balaban J connectivity index is 1.56. The molecule has 4 aromatic rings. The average molecular weight is 404 g/mol. The second kappa shape index (κ2) is 7.18. The maximum atomic E-state index is 12.8. The van der Waals surface area contributed by atoms with Gasteiger partial charge >= 0.3 is 5.63 Å². The highest BCUT2D eigenvalue weighted by Crippen LogP contribution is 2.27. The van der Waals surface area contributed by atoms with E-state index in [0.717, 1.165) is 24.2 Å². The van der Waals surface area contributed by atoms with Gasteiger partial charge in [-0.3, -0.25) is 0 Å². The van der Waals surface area contributed by atoms with Crippen molar-refractivity contribution in [2.75, 3.05) is 25.1 Å². The molecule has 0 aliphatic carbocycles. The topological polar surface area (TPSA) is 72.0 Å². The van der Waals surface area contributed by atoms with Crippen molar-refractivity contribution in [3.63, 3.8) is 0 Å². The highest BCUT2D eigenvalue weighted by molar-refractivity contribution is 5.84. The van der Waals surface area contributed by atoms with E-state index < -0.39 is 5.63 Å². The van der Waals surface area contributed by atoms with Crippen LogP contribution < -0.4 is 20.6 Å². The van der Waals surface area contributed by atoms with Gasteiger partial charge in [-0.15, -0.1) is 0 Å². The molecular weight excluding hydrogens is 380 g/mol. The summed E-state index contributed by atoms with van der Waals surface area (Å²) < 4.78 is 12.9. The summed E-state index contributed by atoms with van der Waals surface area (Å²) in [4.78, 5) is 19.7. The van der Waals surface area contributed by atoms with Crippen LogP contribution in [-0.4, -0.2) is 41.7 Å². The van der Waals surface area contributed by atoms with Gasteiger partial charge in [0.25, 0.3) is 0 Å². The molecule has 7 heteroatoms. The van der Waals surface area contributed by atoms with Crippen LogP contribution in [0.5, 0.6) is 5.75 Å². The van der Waals surface area contributed by atoms with Crippen molar-refractivity contribution >= 4 is 22.3 Å². The molecule has 0 unspecified atom stereocenters. The molecule has 0 saturated carbocycles. The fourth-order valence-electron chi connectivity index (χ4n) is 4.29. The summed E-state index contributed by atoms with van der Waals surface area (Å²) in [6.07, 6.45) is 3.69. The average Bonchev–Trinajstić information content (AvgIpc) is 3.16. The lowest BCUT2D eigenvalue weighted by atomic mass is 10.1. The Morgan fingerprint density at radius 3 is 2.73 bits per heavy atom. The number of benzene rings is 1. The van der Waals surface area contributed by atoms with Crippen LogP contribution in [0.4, 0.5) is 5.69 Å². The predicted molar refractivity (Wildman–Crippen MR) is 117 cm³/mol. The summed E-state index contributed by atoms with van der Waals surface area (Å²) in [6, 6.07) is 12.4. The Hall–Kier alpha value is -3.32. The van der Waals surface area contributed by atoms with Gasteiger partial charge in [0.1, 0.15) is 5.58 Å². The van der Waals surface area contributed by atoms with Gasteiger partial charge in [0.2, 0.25) is 0 Å². The lowest BCUT2D eigenvalue weighted by Crippen LogP contribution is -2.54. The molecule has 3 aromatic heterocycles. The first-order valence-corrected chi connectivity index (χ1v) is 10.1. The molecule has 7 nitrogen and oxygen atoms in total. The lowest BCUT2D eigenvalue weighted by molar-refractivity contribution is 0.407. The number of anilines is 1. The van der Waals surface area contributed by atoms with Gasteiger partial charge in [0.05, 0.1) is 18.4 Å². The molecule has 0 amide bonds. The third-order valence-electron chi connectivity index (χ3n) is 5.59. The van der Waals surface area contributed by atoms with Gasteiger partial charge in [-0.2, -0.15) is 0 Å². The number of methoxy groups -OCH3 is 1. The van der Waals surface area contributed by atoms with Crippen molar-refractivity contribution in [3.05, 3.63) is 59.2 Å². The van der Waals surface area contributed by atoms with E-state index in [-0.39, 0.29) is 0 Å². The van der Waals surface area contributed by atoms with E-state index in [1.807, 2.05) is 47.1 Å². The summed E-state index contributed by atoms with van der Waals surface area (Å²) in [5.41, 5.74) is 2.91. The van der Waals surface area contributed by atoms with E-state index in [0.29, 0.717) is 40.3 Å². The van der Waals surface area contributed by atoms with E-state index in [9.17, 15) is 4.79 Å². The molecule has 5 rings (SSSR count). The summed E-state index contributed by atoms with van der Waals surface area (Å²) in [5.74, 6) is 0.651. The number of hydrogen-bond acceptors (Lipinski definition) is 6. The van der Waals surface area contributed by atoms with Gasteiger partial charge in [0, 0.05) is 54.7 Å². The smallest absolute Gasteiger partial charge is 0.345 e. The van der Waals surface area contributed by atoms with Crippen molar-refractivity contribution in [2.24, 2.45) is 0 Å². The number of rotatable bonds is 3. The number of imidazole rings is 1. The zero-order valence-corrected chi connectivity index (χ0v) is 17.3. The molecule has 0 bridgehead atoms. The van der Waals surface area contributed by atoms with Crippen LogP contribution in [0.2, 0.25) is 0 Å². The molecule has 0 radical (unpaired) electrons. The number of pyridine rings is 1. The Kier molecular flexibility index (Phi) is 4.47. The molecule has 4 heterocycles. The summed E-state index contributed by atoms with van der Waals surface area (Å²) in [6.45, 7) is 6.20. The third-order valence-corrected chi connectivity index (χ3v) is 5.59. The highest BCUT2D eigenvalue weighted by atomic mass is 16.5.